The van der Waals surface area contributed by atoms with Gasteiger partial charge in [-0.05, 0) is 18.2 Å². The lowest BCUT2D eigenvalue weighted by molar-refractivity contribution is 0.0827. The van der Waals surface area contributed by atoms with Crippen molar-refractivity contribution >= 4 is 18.3 Å². The average molecular weight is 307 g/mol. The molecule has 0 saturated carbocycles. The highest BCUT2D eigenvalue weighted by atomic mass is 35.5. The Morgan fingerprint density at radius 2 is 2.10 bits per heavy atom. The van der Waals surface area contributed by atoms with Gasteiger partial charge in [0.15, 0.2) is 11.6 Å². The monoisotopic (exact) mass is 306 g/mol. The van der Waals surface area contributed by atoms with Crippen molar-refractivity contribution in [3.8, 4) is 5.75 Å². The van der Waals surface area contributed by atoms with Crippen molar-refractivity contribution in [1.82, 2.24) is 4.90 Å². The van der Waals surface area contributed by atoms with Gasteiger partial charge in [-0.1, -0.05) is 0 Å². The summed E-state index contributed by atoms with van der Waals surface area (Å²) in [7, 11) is 3.15. The van der Waals surface area contributed by atoms with Crippen molar-refractivity contribution in [1.29, 1.82) is 0 Å². The molecule has 0 saturated heterocycles. The van der Waals surface area contributed by atoms with Crippen molar-refractivity contribution < 1.29 is 18.3 Å². The fourth-order valence-electron chi connectivity index (χ4n) is 1.31. The molecule has 0 bridgehead atoms. The third-order valence-corrected chi connectivity index (χ3v) is 2.41. The second kappa shape index (κ2) is 8.50. The maximum absolute atomic E-state index is 13.7. The van der Waals surface area contributed by atoms with Crippen LogP contribution in [-0.2, 0) is 0 Å². The van der Waals surface area contributed by atoms with Crippen LogP contribution < -0.4 is 10.5 Å². The number of amides is 1. The Morgan fingerprint density at radius 1 is 1.45 bits per heavy atom. The van der Waals surface area contributed by atoms with Gasteiger partial charge in [0.2, 0.25) is 0 Å². The molecule has 0 radical (unpaired) electrons. The van der Waals surface area contributed by atoms with Gasteiger partial charge in [0.1, 0.15) is 6.61 Å². The fourth-order valence-corrected chi connectivity index (χ4v) is 1.31. The highest BCUT2D eigenvalue weighted by Gasteiger charge is 2.12. The molecule has 0 atom stereocenters. The number of benzene rings is 1. The summed E-state index contributed by atoms with van der Waals surface area (Å²) in [5.41, 5.74) is 5.68. The van der Waals surface area contributed by atoms with E-state index >= 15 is 0 Å². The van der Waals surface area contributed by atoms with Crippen molar-refractivity contribution in [2.45, 2.75) is 0 Å². The molecule has 0 fully saturated rings. The number of hydrogen-bond donors (Lipinski definition) is 1. The molecular weight excluding hydrogens is 290 g/mol. The number of rotatable bonds is 5. The Hall–Kier alpha value is -1.66. The van der Waals surface area contributed by atoms with Gasteiger partial charge in [-0.15, -0.1) is 12.4 Å². The van der Waals surface area contributed by atoms with Crippen LogP contribution in [0.3, 0.4) is 0 Å². The molecule has 7 heteroatoms. The van der Waals surface area contributed by atoms with Gasteiger partial charge in [-0.3, -0.25) is 4.79 Å². The molecule has 0 aromatic heterocycles. The summed E-state index contributed by atoms with van der Waals surface area (Å²) >= 11 is 0. The van der Waals surface area contributed by atoms with E-state index in [0.29, 0.717) is 6.33 Å². The van der Waals surface area contributed by atoms with Gasteiger partial charge < -0.3 is 15.4 Å². The Labute approximate surface area is 122 Å². The SMILES string of the molecule is CN(C)C(=O)c1ccc(OC/C(=C\F)CN)c(F)c1.Cl. The van der Waals surface area contributed by atoms with Crippen LogP contribution in [0.4, 0.5) is 8.78 Å². The number of nitrogens with two attached hydrogens (primary N) is 1. The molecule has 0 aliphatic heterocycles. The minimum Gasteiger partial charge on any atom is -0.486 e. The molecule has 1 aromatic carbocycles. The summed E-state index contributed by atoms with van der Waals surface area (Å²) in [6.07, 6.45) is 0.335. The predicted molar refractivity (Wildman–Crippen MR) is 75.4 cm³/mol. The van der Waals surface area contributed by atoms with Gasteiger partial charge in [-0.25, -0.2) is 8.78 Å². The van der Waals surface area contributed by atoms with E-state index in [1.807, 2.05) is 0 Å². The Kier molecular flexibility index (Phi) is 7.79. The summed E-state index contributed by atoms with van der Waals surface area (Å²) in [6, 6.07) is 3.86. The van der Waals surface area contributed by atoms with Crippen LogP contribution in [0.25, 0.3) is 0 Å². The van der Waals surface area contributed by atoms with Crippen molar-refractivity contribution in [2.75, 3.05) is 27.2 Å². The normalized spacial score (nSPS) is 10.8. The first-order valence-corrected chi connectivity index (χ1v) is 5.61. The van der Waals surface area contributed by atoms with E-state index in [0.717, 1.165) is 6.07 Å². The molecule has 0 unspecified atom stereocenters. The van der Waals surface area contributed by atoms with Crippen LogP contribution >= 0.6 is 12.4 Å². The summed E-state index contributed by atoms with van der Waals surface area (Å²) in [6.45, 7) is -0.139. The molecule has 1 amide bonds. The van der Waals surface area contributed by atoms with E-state index in [4.69, 9.17) is 10.5 Å². The average Bonchev–Trinajstić information content (AvgIpc) is 2.40. The number of carbonyl (C=O) groups is 1. The van der Waals surface area contributed by atoms with Crippen LogP contribution in [0.15, 0.2) is 30.1 Å². The van der Waals surface area contributed by atoms with Crippen molar-refractivity contribution in [2.24, 2.45) is 5.73 Å². The van der Waals surface area contributed by atoms with E-state index in [1.165, 1.54) is 17.0 Å². The molecule has 0 spiro atoms. The first-order valence-electron chi connectivity index (χ1n) is 5.61. The lowest BCUT2D eigenvalue weighted by Gasteiger charge is -2.12. The number of halogens is 3. The van der Waals surface area contributed by atoms with Gasteiger partial charge >= 0.3 is 0 Å². The van der Waals surface area contributed by atoms with Crippen LogP contribution in [0.1, 0.15) is 10.4 Å². The third kappa shape index (κ3) is 4.79. The summed E-state index contributed by atoms with van der Waals surface area (Å²) < 4.78 is 31.0. The van der Waals surface area contributed by atoms with E-state index < -0.39 is 5.82 Å². The maximum Gasteiger partial charge on any atom is 0.253 e. The zero-order valence-electron chi connectivity index (χ0n) is 11.2. The van der Waals surface area contributed by atoms with Crippen LogP contribution in [0, 0.1) is 5.82 Å². The molecule has 2 N–H and O–H groups in total. The molecule has 4 nitrogen and oxygen atoms in total. The highest BCUT2D eigenvalue weighted by Crippen LogP contribution is 2.19. The summed E-state index contributed by atoms with van der Waals surface area (Å²) in [5, 5.41) is 0. The number of nitrogens with zero attached hydrogens (tertiary/aromatic N) is 1. The minimum absolute atomic E-state index is 0. The molecule has 0 aliphatic carbocycles. The second-order valence-electron chi connectivity index (χ2n) is 4.10. The number of ether oxygens (including phenoxy) is 1. The Bertz CT molecular complexity index is 493. The first kappa shape index (κ1) is 18.3. The number of carbonyl (C=O) groups excluding carboxylic acids is 1. The van der Waals surface area contributed by atoms with E-state index in [2.05, 4.69) is 0 Å². The van der Waals surface area contributed by atoms with Crippen molar-refractivity contribution in [3.63, 3.8) is 0 Å². The summed E-state index contributed by atoms with van der Waals surface area (Å²) in [4.78, 5) is 13.0. The van der Waals surface area contributed by atoms with E-state index in [9.17, 15) is 13.6 Å². The van der Waals surface area contributed by atoms with Crippen LogP contribution in [-0.4, -0.2) is 38.1 Å². The smallest absolute Gasteiger partial charge is 0.253 e. The van der Waals surface area contributed by atoms with Crippen molar-refractivity contribution in [3.05, 3.63) is 41.5 Å². The van der Waals surface area contributed by atoms with Gasteiger partial charge in [0.05, 0.1) is 6.33 Å². The Morgan fingerprint density at radius 3 is 2.55 bits per heavy atom. The quantitative estimate of drug-likeness (QED) is 0.907. The molecular formula is C13H17ClF2N2O2. The standard InChI is InChI=1S/C13H16F2N2O2.ClH/c1-17(2)13(18)10-3-4-12(11(15)5-10)19-8-9(6-14)7-16;/h3-6H,7-8,16H2,1-2H3;1H/b9-6-;. The summed E-state index contributed by atoms with van der Waals surface area (Å²) in [5.74, 6) is -1.04. The maximum atomic E-state index is 13.7. The molecule has 0 aliphatic rings. The second-order valence-corrected chi connectivity index (χ2v) is 4.10. The van der Waals surface area contributed by atoms with Gasteiger partial charge in [0, 0.05) is 31.8 Å². The lowest BCUT2D eigenvalue weighted by atomic mass is 10.2. The largest absolute Gasteiger partial charge is 0.486 e. The minimum atomic E-state index is -0.678. The van der Waals surface area contributed by atoms with E-state index in [1.54, 1.807) is 14.1 Å². The van der Waals surface area contributed by atoms with Gasteiger partial charge in [-0.2, -0.15) is 0 Å². The molecule has 1 rings (SSSR count). The topological polar surface area (TPSA) is 55.6 Å². The molecule has 20 heavy (non-hydrogen) atoms. The molecule has 0 heterocycles. The Balaban J connectivity index is 0.00000361. The zero-order chi connectivity index (χ0) is 14.4. The highest BCUT2D eigenvalue weighted by molar-refractivity contribution is 5.94. The lowest BCUT2D eigenvalue weighted by Crippen LogP contribution is -2.21. The number of hydrogen-bond acceptors (Lipinski definition) is 3. The van der Waals surface area contributed by atoms with Gasteiger partial charge in [0.25, 0.3) is 5.91 Å². The predicted octanol–water partition coefficient (Wildman–Crippen LogP) is 2.14. The molecule has 112 valence electrons. The van der Waals surface area contributed by atoms with Crippen LogP contribution in [0.5, 0.6) is 5.75 Å². The fraction of sp³-hybridized carbons (Fsp3) is 0.308. The third-order valence-electron chi connectivity index (χ3n) is 2.41. The van der Waals surface area contributed by atoms with Crippen LogP contribution in [0.2, 0.25) is 0 Å². The first-order chi connectivity index (χ1) is 8.99. The molecule has 1 aromatic rings. The zero-order valence-corrected chi connectivity index (χ0v) is 12.0. The van der Waals surface area contributed by atoms with E-state index in [-0.39, 0.29) is 48.4 Å².